The van der Waals surface area contributed by atoms with Crippen molar-refractivity contribution in [2.24, 2.45) is 0 Å². The fourth-order valence-corrected chi connectivity index (χ4v) is 4.86. The van der Waals surface area contributed by atoms with Gasteiger partial charge in [0.2, 0.25) is 0 Å². The van der Waals surface area contributed by atoms with Gasteiger partial charge in [0.1, 0.15) is 0 Å². The van der Waals surface area contributed by atoms with Crippen molar-refractivity contribution in [1.82, 2.24) is 24.7 Å². The molecule has 3 heterocycles. The molecule has 1 aromatic carbocycles. The Hall–Kier alpha value is -3.23. The lowest BCUT2D eigenvalue weighted by Gasteiger charge is -2.29. The molecular formula is C25H29N5O2S. The SMILES string of the molecule is Cc1cc([C@@H]2[C@H](c3ccccn3)NC(=S)N2CCN(C)C)c(C)n1-c1ccc(C(=O)O)cc1. The molecule has 4 rings (SSSR count). The van der Waals surface area contributed by atoms with E-state index in [2.05, 4.69) is 58.7 Å². The molecule has 1 saturated heterocycles. The van der Waals surface area contributed by atoms with Crippen LogP contribution in [0.1, 0.15) is 45.1 Å². The number of hydrogen-bond acceptors (Lipinski definition) is 4. The quantitative estimate of drug-likeness (QED) is 0.517. The summed E-state index contributed by atoms with van der Waals surface area (Å²) in [4.78, 5) is 20.3. The van der Waals surface area contributed by atoms with Crippen LogP contribution in [-0.4, -0.2) is 62.7 Å². The highest BCUT2D eigenvalue weighted by molar-refractivity contribution is 7.80. The number of hydrogen-bond donors (Lipinski definition) is 2. The van der Waals surface area contributed by atoms with Crippen LogP contribution in [0.3, 0.4) is 0 Å². The van der Waals surface area contributed by atoms with E-state index >= 15 is 0 Å². The third-order valence-electron chi connectivity index (χ3n) is 6.15. The predicted octanol–water partition coefficient (Wildman–Crippen LogP) is 3.72. The lowest BCUT2D eigenvalue weighted by molar-refractivity contribution is 0.0697. The first-order valence-corrected chi connectivity index (χ1v) is 11.3. The highest BCUT2D eigenvalue weighted by Crippen LogP contribution is 2.41. The van der Waals surface area contributed by atoms with E-state index in [1.54, 1.807) is 12.1 Å². The first-order valence-electron chi connectivity index (χ1n) is 10.9. The van der Waals surface area contributed by atoms with Crippen molar-refractivity contribution in [3.8, 4) is 5.69 Å². The van der Waals surface area contributed by atoms with Crippen molar-refractivity contribution in [1.29, 1.82) is 0 Å². The van der Waals surface area contributed by atoms with Crippen molar-refractivity contribution in [3.63, 3.8) is 0 Å². The molecule has 0 aliphatic carbocycles. The number of carbonyl (C=O) groups is 1. The fraction of sp³-hybridized carbons (Fsp3) is 0.320. The van der Waals surface area contributed by atoms with Crippen LogP contribution in [0.25, 0.3) is 5.69 Å². The maximum atomic E-state index is 11.3. The van der Waals surface area contributed by atoms with Crippen LogP contribution < -0.4 is 5.32 Å². The number of benzene rings is 1. The van der Waals surface area contributed by atoms with Crippen molar-refractivity contribution < 1.29 is 9.90 Å². The first-order chi connectivity index (χ1) is 15.8. The molecule has 3 aromatic rings. The zero-order valence-electron chi connectivity index (χ0n) is 19.3. The largest absolute Gasteiger partial charge is 0.478 e. The Balaban J connectivity index is 1.78. The van der Waals surface area contributed by atoms with Crippen LogP contribution in [0, 0.1) is 13.8 Å². The van der Waals surface area contributed by atoms with Gasteiger partial charge in [-0.15, -0.1) is 0 Å². The molecule has 2 N–H and O–H groups in total. The van der Waals surface area contributed by atoms with Crippen LogP contribution in [0.4, 0.5) is 0 Å². The van der Waals surface area contributed by atoms with Crippen LogP contribution in [0.2, 0.25) is 0 Å². The predicted molar refractivity (Wildman–Crippen MR) is 133 cm³/mol. The molecular weight excluding hydrogens is 434 g/mol. The lowest BCUT2D eigenvalue weighted by atomic mass is 9.96. The van der Waals surface area contributed by atoms with E-state index in [-0.39, 0.29) is 17.6 Å². The Morgan fingerprint density at radius 3 is 2.52 bits per heavy atom. The molecule has 2 atom stereocenters. The Labute approximate surface area is 199 Å². The summed E-state index contributed by atoms with van der Waals surface area (Å²) in [6.45, 7) is 5.85. The summed E-state index contributed by atoms with van der Waals surface area (Å²) in [6.07, 6.45) is 1.81. The van der Waals surface area contributed by atoms with Crippen molar-refractivity contribution in [2.45, 2.75) is 25.9 Å². The molecule has 1 fully saturated rings. The standard InChI is InChI=1S/C25H29N5O2S/c1-16-15-20(17(2)30(16)19-10-8-18(9-11-19)24(31)32)23-22(21-7-5-6-12-26-21)27-25(33)29(23)14-13-28(3)4/h5-12,15,22-23H,13-14H2,1-4H3,(H,27,33)(H,31,32)/t22-,23+/m0/s1. The summed E-state index contributed by atoms with van der Waals surface area (Å²) in [7, 11) is 4.12. The first kappa shape index (κ1) is 22.9. The maximum Gasteiger partial charge on any atom is 0.335 e. The minimum atomic E-state index is -0.927. The third-order valence-corrected chi connectivity index (χ3v) is 6.50. The molecule has 0 radical (unpaired) electrons. The highest BCUT2D eigenvalue weighted by Gasteiger charge is 2.41. The number of thiocarbonyl (C=S) groups is 1. The molecule has 0 amide bonds. The van der Waals surface area contributed by atoms with Crippen molar-refractivity contribution >= 4 is 23.3 Å². The van der Waals surface area contributed by atoms with Gasteiger partial charge in [0.05, 0.1) is 23.3 Å². The fourth-order valence-electron chi connectivity index (χ4n) is 4.53. The van der Waals surface area contributed by atoms with Gasteiger partial charge < -0.3 is 24.8 Å². The van der Waals surface area contributed by atoms with Gasteiger partial charge >= 0.3 is 5.97 Å². The van der Waals surface area contributed by atoms with E-state index in [1.807, 2.05) is 36.5 Å². The van der Waals surface area contributed by atoms with Gasteiger partial charge in [0.25, 0.3) is 0 Å². The van der Waals surface area contributed by atoms with Gasteiger partial charge in [-0.1, -0.05) is 6.07 Å². The average Bonchev–Trinajstić information content (AvgIpc) is 3.27. The summed E-state index contributed by atoms with van der Waals surface area (Å²) in [6, 6.07) is 15.1. The summed E-state index contributed by atoms with van der Waals surface area (Å²) in [5.41, 5.74) is 5.52. The van der Waals surface area contributed by atoms with Gasteiger partial charge in [-0.05, 0) is 88.2 Å². The number of aryl methyl sites for hydroxylation is 1. The van der Waals surface area contributed by atoms with Gasteiger partial charge in [-0.2, -0.15) is 0 Å². The minimum absolute atomic E-state index is 0.00871. The van der Waals surface area contributed by atoms with Gasteiger partial charge in [-0.3, -0.25) is 4.98 Å². The topological polar surface area (TPSA) is 73.6 Å². The van der Waals surface area contributed by atoms with E-state index in [4.69, 9.17) is 12.2 Å². The molecule has 0 spiro atoms. The van der Waals surface area contributed by atoms with Crippen LogP contribution in [0.15, 0.2) is 54.7 Å². The second-order valence-electron chi connectivity index (χ2n) is 8.64. The summed E-state index contributed by atoms with van der Waals surface area (Å²) in [5, 5.41) is 13.5. The van der Waals surface area contributed by atoms with Crippen LogP contribution in [-0.2, 0) is 0 Å². The van der Waals surface area contributed by atoms with Crippen molar-refractivity contribution in [3.05, 3.63) is 82.9 Å². The monoisotopic (exact) mass is 463 g/mol. The maximum absolute atomic E-state index is 11.3. The van der Waals surface area contributed by atoms with E-state index in [0.717, 1.165) is 41.0 Å². The Morgan fingerprint density at radius 1 is 1.18 bits per heavy atom. The lowest BCUT2D eigenvalue weighted by Crippen LogP contribution is -2.35. The molecule has 1 aliphatic rings. The number of nitrogens with one attached hydrogen (secondary N) is 1. The molecule has 172 valence electrons. The zero-order chi connectivity index (χ0) is 23.7. The molecule has 0 saturated carbocycles. The van der Waals surface area contributed by atoms with E-state index in [9.17, 15) is 9.90 Å². The number of aromatic nitrogens is 2. The average molecular weight is 464 g/mol. The number of carboxylic acid groups (broad SMARTS) is 1. The molecule has 1 aliphatic heterocycles. The van der Waals surface area contributed by atoms with Crippen LogP contribution >= 0.6 is 12.2 Å². The van der Waals surface area contributed by atoms with Crippen LogP contribution in [0.5, 0.6) is 0 Å². The Morgan fingerprint density at radius 2 is 1.91 bits per heavy atom. The van der Waals surface area contributed by atoms with E-state index < -0.39 is 5.97 Å². The van der Waals surface area contributed by atoms with Gasteiger partial charge in [0, 0.05) is 36.4 Å². The summed E-state index contributed by atoms with van der Waals surface area (Å²) < 4.78 is 2.17. The number of aromatic carboxylic acids is 1. The summed E-state index contributed by atoms with van der Waals surface area (Å²) in [5.74, 6) is -0.927. The number of pyridine rings is 1. The molecule has 33 heavy (non-hydrogen) atoms. The third kappa shape index (κ3) is 4.49. The minimum Gasteiger partial charge on any atom is -0.478 e. The second-order valence-corrected chi connectivity index (χ2v) is 9.02. The van der Waals surface area contributed by atoms with Gasteiger partial charge in [-0.25, -0.2) is 4.79 Å². The number of nitrogens with zero attached hydrogens (tertiary/aromatic N) is 4. The van der Waals surface area contributed by atoms with E-state index in [1.165, 1.54) is 5.56 Å². The Kier molecular flexibility index (Phi) is 6.49. The smallest absolute Gasteiger partial charge is 0.335 e. The van der Waals surface area contributed by atoms with E-state index in [0.29, 0.717) is 0 Å². The molecule has 8 heteroatoms. The number of carboxylic acids is 1. The molecule has 0 unspecified atom stereocenters. The number of likely N-dealkylation sites (N-methyl/N-ethyl adjacent to an activating group) is 1. The zero-order valence-corrected chi connectivity index (χ0v) is 20.1. The highest BCUT2D eigenvalue weighted by atomic mass is 32.1. The molecule has 0 bridgehead atoms. The second kappa shape index (κ2) is 9.33. The Bertz CT molecular complexity index is 1160. The number of rotatable bonds is 7. The van der Waals surface area contributed by atoms with Gasteiger partial charge in [0.15, 0.2) is 5.11 Å². The van der Waals surface area contributed by atoms with Crippen molar-refractivity contribution in [2.75, 3.05) is 27.2 Å². The summed E-state index contributed by atoms with van der Waals surface area (Å²) >= 11 is 5.77. The molecule has 7 nitrogen and oxygen atoms in total. The molecule has 2 aromatic heterocycles. The normalized spacial score (nSPS) is 18.1.